The molecule has 0 unspecified atom stereocenters. The fraction of sp³-hybridized carbons (Fsp3) is 1.00. The van der Waals surface area contributed by atoms with E-state index in [0.717, 1.165) is 0 Å². The van der Waals surface area contributed by atoms with Gasteiger partial charge in [0.15, 0.2) is 0 Å². The van der Waals surface area contributed by atoms with Crippen LogP contribution in [0.5, 0.6) is 0 Å². The Balaban J connectivity index is 2.34. The maximum atomic E-state index is 5.33. The molecule has 0 aromatic carbocycles. The number of rotatable bonds is 2. The van der Waals surface area contributed by atoms with Crippen LogP contribution in [-0.2, 0) is 4.74 Å². The monoisotopic (exact) mass is 143 g/mol. The molecule has 0 spiro atoms. The van der Waals surface area contributed by atoms with Gasteiger partial charge in [0.05, 0.1) is 6.10 Å². The van der Waals surface area contributed by atoms with Crippen molar-refractivity contribution in [2.75, 3.05) is 14.2 Å². The van der Waals surface area contributed by atoms with Crippen molar-refractivity contribution in [1.29, 1.82) is 0 Å². The van der Waals surface area contributed by atoms with E-state index in [1.165, 1.54) is 25.7 Å². The molecule has 1 aliphatic carbocycles. The lowest BCUT2D eigenvalue weighted by Crippen LogP contribution is -2.41. The minimum absolute atomic E-state index is 0.457. The summed E-state index contributed by atoms with van der Waals surface area (Å²) < 4.78 is 5.33. The third-order valence-electron chi connectivity index (χ3n) is 2.38. The van der Waals surface area contributed by atoms with Crippen LogP contribution >= 0.6 is 0 Å². The number of ether oxygens (including phenoxy) is 1. The van der Waals surface area contributed by atoms with Crippen LogP contribution in [0, 0.1) is 0 Å². The van der Waals surface area contributed by atoms with E-state index < -0.39 is 0 Å². The van der Waals surface area contributed by atoms with Gasteiger partial charge in [0.25, 0.3) is 0 Å². The van der Waals surface area contributed by atoms with Gasteiger partial charge in [0.2, 0.25) is 0 Å². The van der Waals surface area contributed by atoms with Gasteiger partial charge in [0, 0.05) is 13.2 Å². The fourth-order valence-electron chi connectivity index (χ4n) is 1.71. The number of hydrogen-bond donors (Lipinski definition) is 1. The van der Waals surface area contributed by atoms with Crippen LogP contribution in [0.3, 0.4) is 0 Å². The van der Waals surface area contributed by atoms with Crippen LogP contribution in [0.25, 0.3) is 0 Å². The van der Waals surface area contributed by atoms with E-state index in [1.807, 2.05) is 7.05 Å². The van der Waals surface area contributed by atoms with Crippen LogP contribution in [0.1, 0.15) is 25.7 Å². The first-order chi connectivity index (χ1) is 4.88. The van der Waals surface area contributed by atoms with Gasteiger partial charge in [-0.05, 0) is 19.9 Å². The largest absolute Gasteiger partial charge is 0.380 e. The summed E-state index contributed by atoms with van der Waals surface area (Å²) in [4.78, 5) is 0. The maximum absolute atomic E-state index is 5.33. The Labute approximate surface area is 63.0 Å². The molecule has 0 aromatic rings. The highest BCUT2D eigenvalue weighted by atomic mass is 16.5. The number of nitrogens with one attached hydrogen (secondary N) is 1. The maximum Gasteiger partial charge on any atom is 0.0724 e. The summed E-state index contributed by atoms with van der Waals surface area (Å²) in [6.07, 6.45) is 5.64. The Morgan fingerprint density at radius 2 is 2.00 bits per heavy atom. The van der Waals surface area contributed by atoms with E-state index >= 15 is 0 Å². The molecule has 0 heterocycles. The third-order valence-corrected chi connectivity index (χ3v) is 2.38. The van der Waals surface area contributed by atoms with Gasteiger partial charge in [-0.25, -0.2) is 0 Å². The Kier molecular flexibility index (Phi) is 3.16. The van der Waals surface area contributed by atoms with E-state index in [-0.39, 0.29) is 0 Å². The minimum Gasteiger partial charge on any atom is -0.380 e. The standard InChI is InChI=1S/C8H17NO/c1-9-7-5-3-4-6-8(7)10-2/h7-9H,3-6H2,1-2H3/t7-,8+/m1/s1. The molecule has 0 radical (unpaired) electrons. The Morgan fingerprint density at radius 1 is 1.30 bits per heavy atom. The Bertz CT molecular complexity index is 83.3. The molecule has 1 fully saturated rings. The van der Waals surface area contributed by atoms with E-state index in [4.69, 9.17) is 4.74 Å². The van der Waals surface area contributed by atoms with Crippen molar-refractivity contribution >= 4 is 0 Å². The van der Waals surface area contributed by atoms with Crippen molar-refractivity contribution in [1.82, 2.24) is 5.32 Å². The average molecular weight is 143 g/mol. The van der Waals surface area contributed by atoms with Crippen molar-refractivity contribution in [3.8, 4) is 0 Å². The van der Waals surface area contributed by atoms with Crippen molar-refractivity contribution in [2.45, 2.75) is 37.8 Å². The van der Waals surface area contributed by atoms with E-state index in [0.29, 0.717) is 12.1 Å². The van der Waals surface area contributed by atoms with E-state index in [9.17, 15) is 0 Å². The molecular weight excluding hydrogens is 126 g/mol. The highest BCUT2D eigenvalue weighted by Gasteiger charge is 2.22. The predicted octanol–water partition coefficient (Wildman–Crippen LogP) is 1.16. The quantitative estimate of drug-likeness (QED) is 0.626. The number of hydrogen-bond acceptors (Lipinski definition) is 2. The van der Waals surface area contributed by atoms with E-state index in [1.54, 1.807) is 7.11 Å². The number of methoxy groups -OCH3 is 1. The second-order valence-corrected chi connectivity index (χ2v) is 2.95. The fourth-order valence-corrected chi connectivity index (χ4v) is 1.71. The van der Waals surface area contributed by atoms with Crippen LogP contribution in [-0.4, -0.2) is 26.3 Å². The van der Waals surface area contributed by atoms with Gasteiger partial charge >= 0.3 is 0 Å². The normalized spacial score (nSPS) is 34.2. The third kappa shape index (κ3) is 1.70. The molecule has 2 atom stereocenters. The van der Waals surface area contributed by atoms with Crippen LogP contribution in [0.15, 0.2) is 0 Å². The first kappa shape index (κ1) is 8.02. The van der Waals surface area contributed by atoms with Gasteiger partial charge in [-0.3, -0.25) is 0 Å². The highest BCUT2D eigenvalue weighted by molar-refractivity contribution is 4.79. The molecule has 10 heavy (non-hydrogen) atoms. The van der Waals surface area contributed by atoms with Gasteiger partial charge in [-0.15, -0.1) is 0 Å². The summed E-state index contributed by atoms with van der Waals surface area (Å²) in [5.41, 5.74) is 0. The van der Waals surface area contributed by atoms with Gasteiger partial charge in [-0.1, -0.05) is 12.8 Å². The van der Waals surface area contributed by atoms with Crippen LogP contribution in [0.2, 0.25) is 0 Å². The molecule has 0 saturated heterocycles. The molecular formula is C8H17NO. The SMILES string of the molecule is CN[C@@H]1CCCC[C@@H]1OC. The summed E-state index contributed by atoms with van der Waals surface area (Å²) >= 11 is 0. The van der Waals surface area contributed by atoms with Crippen molar-refractivity contribution in [3.63, 3.8) is 0 Å². The summed E-state index contributed by atoms with van der Waals surface area (Å²) in [7, 11) is 3.82. The van der Waals surface area contributed by atoms with Crippen molar-refractivity contribution in [2.24, 2.45) is 0 Å². The molecule has 2 nitrogen and oxygen atoms in total. The smallest absolute Gasteiger partial charge is 0.0724 e. The molecule has 1 saturated carbocycles. The zero-order valence-corrected chi connectivity index (χ0v) is 6.89. The zero-order valence-electron chi connectivity index (χ0n) is 6.89. The van der Waals surface area contributed by atoms with Gasteiger partial charge in [-0.2, -0.15) is 0 Å². The lowest BCUT2D eigenvalue weighted by Gasteiger charge is -2.29. The molecule has 1 aliphatic rings. The minimum atomic E-state index is 0.457. The van der Waals surface area contributed by atoms with Crippen molar-refractivity contribution in [3.05, 3.63) is 0 Å². The molecule has 0 aliphatic heterocycles. The van der Waals surface area contributed by atoms with E-state index in [2.05, 4.69) is 5.32 Å². The Morgan fingerprint density at radius 3 is 2.50 bits per heavy atom. The molecule has 60 valence electrons. The van der Waals surface area contributed by atoms with Crippen LogP contribution in [0.4, 0.5) is 0 Å². The molecule has 1 rings (SSSR count). The summed E-state index contributed by atoms with van der Waals surface area (Å²) in [6.45, 7) is 0. The first-order valence-electron chi connectivity index (χ1n) is 4.08. The highest BCUT2D eigenvalue weighted by Crippen LogP contribution is 2.19. The summed E-state index contributed by atoms with van der Waals surface area (Å²) in [5.74, 6) is 0. The predicted molar refractivity (Wildman–Crippen MR) is 42.1 cm³/mol. The second kappa shape index (κ2) is 3.94. The average Bonchev–Trinajstić information content (AvgIpc) is 2.04. The van der Waals surface area contributed by atoms with Crippen molar-refractivity contribution < 1.29 is 4.74 Å². The second-order valence-electron chi connectivity index (χ2n) is 2.95. The topological polar surface area (TPSA) is 21.3 Å². The summed E-state index contributed by atoms with van der Waals surface area (Å²) in [5, 5.41) is 3.28. The molecule has 0 amide bonds. The molecule has 1 N–H and O–H groups in total. The van der Waals surface area contributed by atoms with Crippen LogP contribution < -0.4 is 5.32 Å². The molecule has 0 bridgehead atoms. The lowest BCUT2D eigenvalue weighted by molar-refractivity contribution is 0.0445. The Hall–Kier alpha value is -0.0800. The molecule has 2 heteroatoms. The van der Waals surface area contributed by atoms with Gasteiger partial charge < -0.3 is 10.1 Å². The zero-order chi connectivity index (χ0) is 7.40. The lowest BCUT2D eigenvalue weighted by atomic mass is 9.93. The summed E-state index contributed by atoms with van der Waals surface area (Å²) in [6, 6.07) is 0.596. The van der Waals surface area contributed by atoms with Gasteiger partial charge in [0.1, 0.15) is 0 Å². The first-order valence-corrected chi connectivity index (χ1v) is 4.08. The molecule has 0 aromatic heterocycles. The number of likely N-dealkylation sites (N-methyl/N-ethyl adjacent to an activating group) is 1.